The number of aromatic nitrogens is 2. The molecule has 0 spiro atoms. The highest BCUT2D eigenvalue weighted by Gasteiger charge is 2.56. The third-order valence-corrected chi connectivity index (χ3v) is 6.33. The number of rotatable bonds is 6. The minimum absolute atomic E-state index is 0.00998. The van der Waals surface area contributed by atoms with Gasteiger partial charge in [0.15, 0.2) is 5.60 Å². The molecule has 188 valence electrons. The molecular formula is C27H24F4N2O3. The monoisotopic (exact) mass is 500 g/mol. The second-order valence-corrected chi connectivity index (χ2v) is 9.48. The zero-order chi connectivity index (χ0) is 26.3. The highest BCUT2D eigenvalue weighted by molar-refractivity contribution is 5.74. The van der Waals surface area contributed by atoms with Crippen LogP contribution in [0.15, 0.2) is 77.9 Å². The van der Waals surface area contributed by atoms with E-state index in [1.54, 1.807) is 18.2 Å². The topological polar surface area (TPSA) is 75.4 Å². The number of pyridine rings is 2. The fourth-order valence-corrected chi connectivity index (χ4v) is 4.61. The Morgan fingerprint density at radius 2 is 1.72 bits per heavy atom. The largest absolute Gasteiger partial charge is 0.507 e. The van der Waals surface area contributed by atoms with Gasteiger partial charge in [0.05, 0.1) is 12.1 Å². The number of aliphatic hydroxyl groups is 1. The van der Waals surface area contributed by atoms with Gasteiger partial charge in [-0.25, -0.2) is 4.39 Å². The smallest absolute Gasteiger partial charge is 0.418 e. The number of hydrogen-bond acceptors (Lipinski definition) is 4. The van der Waals surface area contributed by atoms with Crippen molar-refractivity contribution in [2.24, 2.45) is 0 Å². The fourth-order valence-electron chi connectivity index (χ4n) is 4.61. The van der Waals surface area contributed by atoms with Crippen LogP contribution in [0.4, 0.5) is 17.6 Å². The van der Waals surface area contributed by atoms with Crippen molar-refractivity contribution in [1.82, 2.24) is 9.55 Å². The predicted molar refractivity (Wildman–Crippen MR) is 128 cm³/mol. The molecule has 2 aromatic heterocycles. The molecule has 0 saturated heterocycles. The van der Waals surface area contributed by atoms with E-state index >= 15 is 0 Å². The van der Waals surface area contributed by atoms with Gasteiger partial charge in [-0.15, -0.1) is 0 Å². The summed E-state index contributed by atoms with van der Waals surface area (Å²) in [5.41, 5.74) is -4.11. The summed E-state index contributed by atoms with van der Waals surface area (Å²) in [6, 6.07) is 14.1. The van der Waals surface area contributed by atoms with Crippen LogP contribution in [0.3, 0.4) is 0 Å². The third kappa shape index (κ3) is 4.70. The minimum atomic E-state index is -5.04. The van der Waals surface area contributed by atoms with Gasteiger partial charge in [-0.05, 0) is 41.7 Å². The normalized spacial score (nSPS) is 14.1. The Kier molecular flexibility index (Phi) is 6.38. The lowest BCUT2D eigenvalue weighted by atomic mass is 9.73. The van der Waals surface area contributed by atoms with Gasteiger partial charge < -0.3 is 14.8 Å². The molecule has 0 bridgehead atoms. The van der Waals surface area contributed by atoms with Gasteiger partial charge in [0, 0.05) is 29.6 Å². The molecule has 0 aliphatic carbocycles. The molecule has 1 atom stereocenters. The molecule has 2 N–H and O–H groups in total. The first-order valence-corrected chi connectivity index (χ1v) is 11.1. The molecule has 9 heteroatoms. The minimum Gasteiger partial charge on any atom is -0.507 e. The van der Waals surface area contributed by atoms with Gasteiger partial charge in [0.25, 0.3) is 0 Å². The van der Waals surface area contributed by atoms with Crippen LogP contribution in [0.2, 0.25) is 0 Å². The van der Waals surface area contributed by atoms with Crippen LogP contribution < -0.4 is 5.43 Å². The van der Waals surface area contributed by atoms with Crippen LogP contribution in [0.1, 0.15) is 25.8 Å². The van der Waals surface area contributed by atoms with Crippen LogP contribution in [-0.4, -0.2) is 31.5 Å². The number of hydrogen-bond donors (Lipinski definition) is 2. The van der Waals surface area contributed by atoms with Crippen LogP contribution in [-0.2, 0) is 12.0 Å². The van der Waals surface area contributed by atoms with E-state index < -0.39 is 41.4 Å². The molecule has 0 amide bonds. The summed E-state index contributed by atoms with van der Waals surface area (Å²) in [4.78, 5) is 16.1. The summed E-state index contributed by atoms with van der Waals surface area (Å²) < 4.78 is 58.0. The lowest BCUT2D eigenvalue weighted by molar-refractivity contribution is -0.271. The average Bonchev–Trinajstić information content (AvgIpc) is 2.80. The Hall–Kier alpha value is -3.72. The molecule has 4 aromatic rings. The van der Waals surface area contributed by atoms with Crippen LogP contribution >= 0.6 is 0 Å². The number of nitrogens with zero attached hydrogens (tertiary/aromatic N) is 2. The maximum atomic E-state index is 14.4. The summed E-state index contributed by atoms with van der Waals surface area (Å²) in [7, 11) is 0. The first-order valence-electron chi connectivity index (χ1n) is 11.1. The summed E-state index contributed by atoms with van der Waals surface area (Å²) in [6.07, 6.45) is -3.30. The lowest BCUT2D eigenvalue weighted by Crippen LogP contribution is -2.52. The standard InChI is InChI=1S/C27H24F4N2O3/c1-25(2,20-9-4-8-19(24(20)35)17-6-3-7-18(28)14-17)15-26(36,27(29,30)31)16-33-13-11-22(34)23-21(33)10-5-12-32-23/h3-14,35-36H,15-16H2,1-2H3. The number of benzene rings is 2. The second-order valence-electron chi connectivity index (χ2n) is 9.48. The maximum absolute atomic E-state index is 14.4. The van der Waals surface area contributed by atoms with Crippen molar-refractivity contribution < 1.29 is 27.8 Å². The van der Waals surface area contributed by atoms with E-state index in [0.717, 1.165) is 10.6 Å². The molecule has 5 nitrogen and oxygen atoms in total. The third-order valence-electron chi connectivity index (χ3n) is 6.33. The number of aromatic hydroxyl groups is 1. The summed E-state index contributed by atoms with van der Waals surface area (Å²) >= 11 is 0. The van der Waals surface area contributed by atoms with E-state index in [0.29, 0.717) is 5.56 Å². The van der Waals surface area contributed by atoms with Gasteiger partial charge >= 0.3 is 6.18 Å². The second kappa shape index (κ2) is 9.05. The number of phenols is 1. The SMILES string of the molecule is CC(C)(CC(O)(Cn1ccc(=O)c2ncccc21)C(F)(F)F)c1cccc(-c2cccc(F)c2)c1O. The molecule has 2 aromatic carbocycles. The molecule has 0 aliphatic heterocycles. The van der Waals surface area contributed by atoms with Crippen molar-refractivity contribution in [2.45, 2.75) is 44.0 Å². The van der Waals surface area contributed by atoms with Crippen molar-refractivity contribution in [3.05, 3.63) is 94.7 Å². The highest BCUT2D eigenvalue weighted by Crippen LogP contribution is 2.46. The number of halogens is 4. The number of alkyl halides is 3. The summed E-state index contributed by atoms with van der Waals surface area (Å²) in [5, 5.41) is 22.1. The van der Waals surface area contributed by atoms with Crippen LogP contribution in [0, 0.1) is 5.82 Å². The van der Waals surface area contributed by atoms with Crippen molar-refractivity contribution >= 4 is 11.0 Å². The molecule has 0 radical (unpaired) electrons. The Bertz CT molecular complexity index is 1480. The van der Waals surface area contributed by atoms with Crippen molar-refractivity contribution in [2.75, 3.05) is 0 Å². The molecular weight excluding hydrogens is 476 g/mol. The zero-order valence-electron chi connectivity index (χ0n) is 19.6. The van der Waals surface area contributed by atoms with E-state index in [1.165, 1.54) is 62.6 Å². The Balaban J connectivity index is 1.76. The zero-order valence-corrected chi connectivity index (χ0v) is 19.6. The Morgan fingerprint density at radius 3 is 2.42 bits per heavy atom. The van der Waals surface area contributed by atoms with Gasteiger partial charge in [0.1, 0.15) is 17.1 Å². The quantitative estimate of drug-likeness (QED) is 0.340. The number of phenolic OH excluding ortho intramolecular Hbond substituents is 1. The highest BCUT2D eigenvalue weighted by atomic mass is 19.4. The first-order chi connectivity index (χ1) is 16.8. The predicted octanol–water partition coefficient (Wildman–Crippen LogP) is 5.57. The number of para-hydroxylation sites is 1. The number of fused-ring (bicyclic) bond motifs is 1. The van der Waals surface area contributed by atoms with E-state index in [9.17, 15) is 32.6 Å². The van der Waals surface area contributed by atoms with Crippen LogP contribution in [0.5, 0.6) is 5.75 Å². The lowest BCUT2D eigenvalue weighted by Gasteiger charge is -2.39. The van der Waals surface area contributed by atoms with Gasteiger partial charge in [-0.2, -0.15) is 13.2 Å². The molecule has 4 rings (SSSR count). The van der Waals surface area contributed by atoms with E-state index in [-0.39, 0.29) is 27.9 Å². The first kappa shape index (κ1) is 25.4. The van der Waals surface area contributed by atoms with E-state index in [4.69, 9.17) is 0 Å². The van der Waals surface area contributed by atoms with Gasteiger partial charge in [-0.3, -0.25) is 9.78 Å². The Labute approximate surface area is 204 Å². The molecule has 0 saturated carbocycles. The van der Waals surface area contributed by atoms with E-state index in [2.05, 4.69) is 4.98 Å². The molecule has 36 heavy (non-hydrogen) atoms. The summed E-state index contributed by atoms with van der Waals surface area (Å²) in [6.45, 7) is 2.07. The molecule has 0 aliphatic rings. The maximum Gasteiger partial charge on any atom is 0.418 e. The summed E-state index contributed by atoms with van der Waals surface area (Å²) in [5.74, 6) is -0.818. The van der Waals surface area contributed by atoms with Gasteiger partial charge in [-0.1, -0.05) is 44.2 Å². The molecule has 1 unspecified atom stereocenters. The molecule has 2 heterocycles. The molecule has 0 fully saturated rings. The average molecular weight is 500 g/mol. The van der Waals surface area contributed by atoms with Gasteiger partial charge in [0.2, 0.25) is 5.43 Å². The van der Waals surface area contributed by atoms with Crippen LogP contribution in [0.25, 0.3) is 22.2 Å². The van der Waals surface area contributed by atoms with Crippen molar-refractivity contribution in [3.63, 3.8) is 0 Å². The fraction of sp³-hybridized carbons (Fsp3) is 0.259. The van der Waals surface area contributed by atoms with Crippen molar-refractivity contribution in [1.29, 1.82) is 0 Å². The Morgan fingerprint density at radius 1 is 1.00 bits per heavy atom. The van der Waals surface area contributed by atoms with Crippen molar-refractivity contribution in [3.8, 4) is 16.9 Å². The van der Waals surface area contributed by atoms with E-state index in [1.807, 2.05) is 0 Å².